The van der Waals surface area contributed by atoms with E-state index in [1.165, 1.54) is 0 Å². The van der Waals surface area contributed by atoms with E-state index in [2.05, 4.69) is 16.1 Å². The number of carbonyl (C=O) groups is 2. The van der Waals surface area contributed by atoms with Crippen molar-refractivity contribution >= 4 is 11.9 Å². The van der Waals surface area contributed by atoms with E-state index in [-0.39, 0.29) is 0 Å². The van der Waals surface area contributed by atoms with Crippen LogP contribution in [0.25, 0.3) is 0 Å². The predicted octanol–water partition coefficient (Wildman–Crippen LogP) is 2.78. The van der Waals surface area contributed by atoms with Gasteiger partial charge in [-0.25, -0.2) is 9.59 Å². The van der Waals surface area contributed by atoms with Crippen LogP contribution in [-0.2, 0) is 19.1 Å². The summed E-state index contributed by atoms with van der Waals surface area (Å²) in [7, 11) is 0. The summed E-state index contributed by atoms with van der Waals surface area (Å²) in [6.07, 6.45) is -9.51. The second-order valence-corrected chi connectivity index (χ2v) is 4.64. The van der Waals surface area contributed by atoms with Gasteiger partial charge in [-0.05, 0) is 13.8 Å². The summed E-state index contributed by atoms with van der Waals surface area (Å²) >= 11 is 0. The van der Waals surface area contributed by atoms with E-state index < -0.39 is 48.5 Å². The molecule has 0 fully saturated rings. The Bertz CT molecular complexity index is 421. The minimum absolute atomic E-state index is 0.719. The molecule has 0 rings (SSSR count). The summed E-state index contributed by atoms with van der Waals surface area (Å²) in [5, 5.41) is 0. The van der Waals surface area contributed by atoms with Crippen molar-refractivity contribution in [2.45, 2.75) is 26.2 Å². The first-order chi connectivity index (χ1) is 9.18. The Morgan fingerprint density at radius 3 is 1.76 bits per heavy atom. The Hall–Kier alpha value is -1.74. The zero-order chi connectivity index (χ0) is 17.1. The molecule has 0 radical (unpaired) electrons. The monoisotopic (exact) mass is 322 g/mol. The molecule has 0 aliphatic carbocycles. The van der Waals surface area contributed by atoms with Crippen molar-refractivity contribution in [3.05, 3.63) is 12.2 Å². The second kappa shape index (κ2) is 6.35. The Balaban J connectivity index is 4.37. The molecule has 0 unspecified atom stereocenters. The molecule has 0 aromatic heterocycles. The molecule has 0 amide bonds. The van der Waals surface area contributed by atoms with Gasteiger partial charge in [-0.1, -0.05) is 6.58 Å². The summed E-state index contributed by atoms with van der Waals surface area (Å²) in [5.74, 6) is -3.65. The van der Waals surface area contributed by atoms with Crippen molar-refractivity contribution in [1.82, 2.24) is 0 Å². The van der Waals surface area contributed by atoms with Crippen LogP contribution in [0.5, 0.6) is 0 Å². The van der Waals surface area contributed by atoms with Crippen LogP contribution >= 0.6 is 0 Å². The molecule has 21 heavy (non-hydrogen) atoms. The van der Waals surface area contributed by atoms with Crippen molar-refractivity contribution in [3.8, 4) is 0 Å². The molecular formula is C11H12F6O4. The molecule has 0 aliphatic rings. The maximum atomic E-state index is 12.4. The van der Waals surface area contributed by atoms with Crippen LogP contribution in [0.3, 0.4) is 0 Å². The lowest BCUT2D eigenvalue weighted by Crippen LogP contribution is -2.38. The van der Waals surface area contributed by atoms with Crippen LogP contribution in [0.1, 0.15) is 13.8 Å². The van der Waals surface area contributed by atoms with Gasteiger partial charge in [-0.3, -0.25) is 0 Å². The molecular weight excluding hydrogens is 310 g/mol. The van der Waals surface area contributed by atoms with Crippen LogP contribution in [0.4, 0.5) is 26.3 Å². The first-order valence-electron chi connectivity index (χ1n) is 5.34. The highest BCUT2D eigenvalue weighted by molar-refractivity contribution is 6.29. The number of halogens is 6. The van der Waals surface area contributed by atoms with Gasteiger partial charge in [0.15, 0.2) is 0 Å². The zero-order valence-corrected chi connectivity index (χ0v) is 11.0. The van der Waals surface area contributed by atoms with Gasteiger partial charge in [0, 0.05) is 0 Å². The summed E-state index contributed by atoms with van der Waals surface area (Å²) in [6.45, 7) is 1.52. The fourth-order valence-corrected chi connectivity index (χ4v) is 0.680. The normalized spacial score (nSPS) is 12.8. The van der Waals surface area contributed by atoms with E-state index >= 15 is 0 Å². The Morgan fingerprint density at radius 2 is 1.38 bits per heavy atom. The standard InChI is InChI=1S/C11H12F6O4/c1-6(10(12,13)14)4-20-7(18)8(19)21-5-9(2,3)11(15,16)17/h1,4-5H2,2-3H3. The number of hydrogen-bond acceptors (Lipinski definition) is 4. The van der Waals surface area contributed by atoms with E-state index in [0.717, 1.165) is 13.8 Å². The lowest BCUT2D eigenvalue weighted by Gasteiger charge is -2.26. The average Bonchev–Trinajstić information content (AvgIpc) is 2.29. The Morgan fingerprint density at radius 1 is 0.952 bits per heavy atom. The predicted molar refractivity (Wildman–Crippen MR) is 56.9 cm³/mol. The third-order valence-corrected chi connectivity index (χ3v) is 2.28. The third kappa shape index (κ3) is 6.05. The molecule has 0 N–H and O–H groups in total. The summed E-state index contributed by atoms with van der Waals surface area (Å²) in [6, 6.07) is 0. The van der Waals surface area contributed by atoms with E-state index in [1.807, 2.05) is 0 Å². The maximum absolute atomic E-state index is 12.4. The number of rotatable bonds is 4. The topological polar surface area (TPSA) is 52.6 Å². The van der Waals surface area contributed by atoms with Crippen molar-refractivity contribution in [2.75, 3.05) is 13.2 Å². The van der Waals surface area contributed by atoms with Crippen molar-refractivity contribution in [1.29, 1.82) is 0 Å². The Labute approximate surface area is 115 Å². The molecule has 0 saturated carbocycles. The minimum atomic E-state index is -4.82. The number of ether oxygens (including phenoxy) is 2. The molecule has 0 saturated heterocycles. The van der Waals surface area contributed by atoms with Crippen LogP contribution in [0.15, 0.2) is 12.2 Å². The smallest absolute Gasteiger partial charge is 0.417 e. The first-order valence-corrected chi connectivity index (χ1v) is 5.34. The van der Waals surface area contributed by atoms with Crippen LogP contribution in [0, 0.1) is 5.41 Å². The van der Waals surface area contributed by atoms with Crippen molar-refractivity contribution in [2.24, 2.45) is 5.41 Å². The van der Waals surface area contributed by atoms with Crippen LogP contribution in [0.2, 0.25) is 0 Å². The van der Waals surface area contributed by atoms with Gasteiger partial charge in [0.2, 0.25) is 0 Å². The molecule has 10 heteroatoms. The summed E-state index contributed by atoms with van der Waals surface area (Å²) in [4.78, 5) is 22.0. The fraction of sp³-hybridized carbons (Fsp3) is 0.636. The van der Waals surface area contributed by atoms with E-state index in [4.69, 9.17) is 0 Å². The summed E-state index contributed by atoms with van der Waals surface area (Å²) < 4.78 is 81.3. The average molecular weight is 322 g/mol. The highest BCUT2D eigenvalue weighted by Crippen LogP contribution is 2.37. The second-order valence-electron chi connectivity index (χ2n) is 4.64. The van der Waals surface area contributed by atoms with Crippen molar-refractivity contribution in [3.63, 3.8) is 0 Å². The van der Waals surface area contributed by atoms with Crippen LogP contribution in [-0.4, -0.2) is 37.5 Å². The molecule has 0 bridgehead atoms. The quantitative estimate of drug-likeness (QED) is 0.346. The zero-order valence-electron chi connectivity index (χ0n) is 11.0. The number of alkyl halides is 6. The molecule has 0 heterocycles. The number of hydrogen-bond donors (Lipinski definition) is 0. The van der Waals surface area contributed by atoms with Gasteiger partial charge >= 0.3 is 24.3 Å². The van der Waals surface area contributed by atoms with Crippen molar-refractivity contribution < 1.29 is 45.4 Å². The van der Waals surface area contributed by atoms with E-state index in [1.54, 1.807) is 0 Å². The van der Waals surface area contributed by atoms with Gasteiger partial charge < -0.3 is 9.47 Å². The van der Waals surface area contributed by atoms with Gasteiger partial charge in [0.1, 0.15) is 13.2 Å². The molecule has 0 aromatic carbocycles. The lowest BCUT2D eigenvalue weighted by atomic mass is 9.94. The van der Waals surface area contributed by atoms with E-state index in [0.29, 0.717) is 0 Å². The maximum Gasteiger partial charge on any atom is 0.417 e. The minimum Gasteiger partial charge on any atom is -0.456 e. The Kier molecular flexibility index (Phi) is 5.83. The lowest BCUT2D eigenvalue weighted by molar-refractivity contribution is -0.227. The first kappa shape index (κ1) is 19.3. The highest BCUT2D eigenvalue weighted by Gasteiger charge is 2.48. The molecule has 0 atom stereocenters. The van der Waals surface area contributed by atoms with Gasteiger partial charge in [-0.2, -0.15) is 26.3 Å². The largest absolute Gasteiger partial charge is 0.456 e. The third-order valence-electron chi connectivity index (χ3n) is 2.28. The van der Waals surface area contributed by atoms with Gasteiger partial charge in [0.05, 0.1) is 11.0 Å². The number of carbonyl (C=O) groups excluding carboxylic acids is 2. The van der Waals surface area contributed by atoms with E-state index in [9.17, 15) is 35.9 Å². The fourth-order valence-electron chi connectivity index (χ4n) is 0.680. The number of esters is 2. The highest BCUT2D eigenvalue weighted by atomic mass is 19.4. The molecule has 0 aliphatic heterocycles. The van der Waals surface area contributed by atoms with Gasteiger partial charge in [0.25, 0.3) is 0 Å². The molecule has 0 spiro atoms. The van der Waals surface area contributed by atoms with Crippen LogP contribution < -0.4 is 0 Å². The molecule has 0 aromatic rings. The molecule has 122 valence electrons. The summed E-state index contributed by atoms with van der Waals surface area (Å²) in [5.41, 5.74) is -3.85. The van der Waals surface area contributed by atoms with Gasteiger partial charge in [-0.15, -0.1) is 0 Å². The SMILES string of the molecule is C=C(COC(=O)C(=O)OCC(C)(C)C(F)(F)F)C(F)(F)F. The molecule has 4 nitrogen and oxygen atoms in total.